The fraction of sp³-hybridized carbons (Fsp3) is 0.174. The highest BCUT2D eigenvalue weighted by molar-refractivity contribution is 7.92. The van der Waals surface area contributed by atoms with E-state index in [1.54, 1.807) is 62.4 Å². The Labute approximate surface area is 192 Å². The molecule has 0 aliphatic rings. The second kappa shape index (κ2) is 9.30. The van der Waals surface area contributed by atoms with Crippen LogP contribution in [0.4, 0.5) is 11.4 Å². The van der Waals surface area contributed by atoms with Crippen LogP contribution in [0, 0.1) is 20.8 Å². The fourth-order valence-electron chi connectivity index (χ4n) is 3.07. The lowest BCUT2D eigenvalue weighted by Gasteiger charge is -2.26. The van der Waals surface area contributed by atoms with Gasteiger partial charge in [0.05, 0.1) is 10.6 Å². The quantitative estimate of drug-likeness (QED) is 0.492. The lowest BCUT2D eigenvalue weighted by atomic mass is 10.2. The predicted octanol–water partition coefficient (Wildman–Crippen LogP) is 5.75. The minimum Gasteiger partial charge on any atom is -0.324 e. The summed E-state index contributed by atoms with van der Waals surface area (Å²) in [5.74, 6) is -0.500. The molecule has 0 aliphatic heterocycles. The van der Waals surface area contributed by atoms with Crippen molar-refractivity contribution in [3.63, 3.8) is 0 Å². The molecule has 3 rings (SSSR count). The van der Waals surface area contributed by atoms with Gasteiger partial charge in [-0.25, -0.2) is 8.42 Å². The molecule has 0 heterocycles. The molecule has 8 heteroatoms. The van der Waals surface area contributed by atoms with Crippen molar-refractivity contribution < 1.29 is 13.2 Å². The minimum absolute atomic E-state index is 0.0872. The Kier molecular flexibility index (Phi) is 6.94. The molecular formula is C23H22Cl2N2O3S. The number of hydrogen-bond acceptors (Lipinski definition) is 3. The van der Waals surface area contributed by atoms with Crippen LogP contribution in [0.5, 0.6) is 0 Å². The van der Waals surface area contributed by atoms with Gasteiger partial charge in [-0.15, -0.1) is 0 Å². The Bertz CT molecular complexity index is 1230. The van der Waals surface area contributed by atoms with Crippen LogP contribution in [0.3, 0.4) is 0 Å². The Morgan fingerprint density at radius 2 is 1.45 bits per heavy atom. The number of rotatable bonds is 6. The molecule has 0 spiro atoms. The highest BCUT2D eigenvalue weighted by Crippen LogP contribution is 2.31. The molecule has 0 aromatic heterocycles. The van der Waals surface area contributed by atoms with E-state index < -0.39 is 22.5 Å². The molecule has 162 valence electrons. The number of carbonyl (C=O) groups excluding carboxylic acids is 1. The van der Waals surface area contributed by atoms with E-state index in [0.29, 0.717) is 32.5 Å². The van der Waals surface area contributed by atoms with Crippen LogP contribution in [-0.2, 0) is 14.8 Å². The van der Waals surface area contributed by atoms with Gasteiger partial charge in [-0.2, -0.15) is 0 Å². The molecule has 31 heavy (non-hydrogen) atoms. The van der Waals surface area contributed by atoms with Crippen molar-refractivity contribution >= 4 is 50.5 Å². The summed E-state index contributed by atoms with van der Waals surface area (Å²) in [6.45, 7) is 4.94. The number of anilines is 2. The number of nitrogens with one attached hydrogen (secondary N) is 1. The number of halogens is 2. The predicted molar refractivity (Wildman–Crippen MR) is 127 cm³/mol. The van der Waals surface area contributed by atoms with Gasteiger partial charge in [-0.05, 0) is 68.3 Å². The molecule has 1 amide bonds. The molecule has 0 aliphatic carbocycles. The summed E-state index contributed by atoms with van der Waals surface area (Å²) in [5.41, 5.74) is 3.05. The maximum Gasteiger partial charge on any atom is 0.264 e. The zero-order valence-electron chi connectivity index (χ0n) is 17.3. The standard InChI is InChI=1S/C23H22Cl2N2O3S/c1-15-10-12-18(13-11-15)31(29,30)27(22-9-5-7-20(25)17(22)3)14-23(28)26-21-8-4-6-19(24)16(21)2/h4-13H,14H2,1-3H3,(H,26,28). The molecule has 0 saturated heterocycles. The molecular weight excluding hydrogens is 455 g/mol. The van der Waals surface area contributed by atoms with Gasteiger partial charge in [-0.1, -0.05) is 53.0 Å². The van der Waals surface area contributed by atoms with Crippen LogP contribution in [0.25, 0.3) is 0 Å². The SMILES string of the molecule is Cc1ccc(S(=O)(=O)N(CC(=O)Nc2cccc(Cl)c2C)c2cccc(Cl)c2C)cc1. The van der Waals surface area contributed by atoms with Gasteiger partial charge >= 0.3 is 0 Å². The van der Waals surface area contributed by atoms with Crippen LogP contribution in [-0.4, -0.2) is 20.9 Å². The third kappa shape index (κ3) is 5.03. The largest absolute Gasteiger partial charge is 0.324 e. The van der Waals surface area contributed by atoms with Crippen molar-refractivity contribution in [1.82, 2.24) is 0 Å². The van der Waals surface area contributed by atoms with E-state index in [0.717, 1.165) is 9.87 Å². The zero-order valence-corrected chi connectivity index (χ0v) is 19.6. The van der Waals surface area contributed by atoms with E-state index >= 15 is 0 Å². The maximum absolute atomic E-state index is 13.5. The van der Waals surface area contributed by atoms with Gasteiger partial charge in [0.25, 0.3) is 10.0 Å². The van der Waals surface area contributed by atoms with Gasteiger partial charge in [0, 0.05) is 15.7 Å². The summed E-state index contributed by atoms with van der Waals surface area (Å²) in [7, 11) is -4.03. The first-order valence-electron chi connectivity index (χ1n) is 9.50. The molecule has 1 N–H and O–H groups in total. The van der Waals surface area contributed by atoms with Crippen molar-refractivity contribution in [1.29, 1.82) is 0 Å². The zero-order chi connectivity index (χ0) is 22.8. The Hall–Kier alpha value is -2.54. The van der Waals surface area contributed by atoms with Crippen molar-refractivity contribution in [3.05, 3.63) is 87.4 Å². The number of nitrogens with zero attached hydrogens (tertiary/aromatic N) is 1. The summed E-state index contributed by atoms with van der Waals surface area (Å²) in [6.07, 6.45) is 0. The number of amides is 1. The smallest absolute Gasteiger partial charge is 0.264 e. The van der Waals surface area contributed by atoms with Crippen LogP contribution < -0.4 is 9.62 Å². The third-order valence-electron chi connectivity index (χ3n) is 4.95. The molecule has 0 unspecified atom stereocenters. The number of aryl methyl sites for hydroxylation is 1. The normalized spacial score (nSPS) is 11.3. The first-order valence-corrected chi connectivity index (χ1v) is 11.7. The maximum atomic E-state index is 13.5. The van der Waals surface area contributed by atoms with Crippen LogP contribution in [0.15, 0.2) is 65.6 Å². The number of hydrogen-bond donors (Lipinski definition) is 1. The summed E-state index contributed by atoms with van der Waals surface area (Å²) >= 11 is 12.4. The van der Waals surface area contributed by atoms with E-state index in [2.05, 4.69) is 5.32 Å². The van der Waals surface area contributed by atoms with Crippen molar-refractivity contribution in [2.24, 2.45) is 0 Å². The van der Waals surface area contributed by atoms with E-state index in [-0.39, 0.29) is 4.90 Å². The molecule has 0 atom stereocenters. The molecule has 0 bridgehead atoms. The molecule has 3 aromatic carbocycles. The second-order valence-electron chi connectivity index (χ2n) is 7.17. The number of benzene rings is 3. The summed E-state index contributed by atoms with van der Waals surface area (Å²) < 4.78 is 28.1. The second-order valence-corrected chi connectivity index (χ2v) is 9.85. The van der Waals surface area contributed by atoms with Crippen LogP contribution >= 0.6 is 23.2 Å². The first kappa shape index (κ1) is 23.1. The highest BCUT2D eigenvalue weighted by atomic mass is 35.5. The monoisotopic (exact) mass is 476 g/mol. The molecule has 3 aromatic rings. The molecule has 5 nitrogen and oxygen atoms in total. The van der Waals surface area contributed by atoms with E-state index in [4.69, 9.17) is 23.2 Å². The average molecular weight is 477 g/mol. The summed E-state index contributed by atoms with van der Waals surface area (Å²) in [6, 6.07) is 16.6. The van der Waals surface area contributed by atoms with Crippen molar-refractivity contribution in [2.75, 3.05) is 16.2 Å². The van der Waals surface area contributed by atoms with E-state index in [1.165, 1.54) is 12.1 Å². The van der Waals surface area contributed by atoms with E-state index in [9.17, 15) is 13.2 Å². The van der Waals surface area contributed by atoms with Crippen molar-refractivity contribution in [3.8, 4) is 0 Å². The first-order chi connectivity index (χ1) is 14.6. The Morgan fingerprint density at radius 3 is 2.10 bits per heavy atom. The van der Waals surface area contributed by atoms with Crippen LogP contribution in [0.1, 0.15) is 16.7 Å². The number of carbonyl (C=O) groups is 1. The van der Waals surface area contributed by atoms with Crippen LogP contribution in [0.2, 0.25) is 10.0 Å². The van der Waals surface area contributed by atoms with Gasteiger partial charge in [0.2, 0.25) is 5.91 Å². The average Bonchev–Trinajstić information content (AvgIpc) is 2.72. The lowest BCUT2D eigenvalue weighted by molar-refractivity contribution is -0.114. The highest BCUT2D eigenvalue weighted by Gasteiger charge is 2.29. The van der Waals surface area contributed by atoms with Crippen molar-refractivity contribution in [2.45, 2.75) is 25.7 Å². The Balaban J connectivity index is 2.02. The fourth-order valence-corrected chi connectivity index (χ4v) is 4.89. The molecule has 0 saturated carbocycles. The topological polar surface area (TPSA) is 66.5 Å². The number of sulfonamides is 1. The lowest BCUT2D eigenvalue weighted by Crippen LogP contribution is -2.38. The molecule has 0 radical (unpaired) electrons. The summed E-state index contributed by atoms with van der Waals surface area (Å²) in [5, 5.41) is 3.67. The summed E-state index contributed by atoms with van der Waals surface area (Å²) in [4.78, 5) is 13.0. The minimum atomic E-state index is -4.03. The van der Waals surface area contributed by atoms with E-state index in [1.807, 2.05) is 6.92 Å². The van der Waals surface area contributed by atoms with Gasteiger partial charge < -0.3 is 5.32 Å². The third-order valence-corrected chi connectivity index (χ3v) is 7.54. The molecule has 0 fully saturated rings. The Morgan fingerprint density at radius 1 is 0.871 bits per heavy atom. The van der Waals surface area contributed by atoms with Gasteiger partial charge in [0.1, 0.15) is 6.54 Å². The van der Waals surface area contributed by atoms with Gasteiger partial charge in [-0.3, -0.25) is 9.10 Å². The van der Waals surface area contributed by atoms with Gasteiger partial charge in [0.15, 0.2) is 0 Å².